The van der Waals surface area contributed by atoms with Gasteiger partial charge in [0.2, 0.25) is 0 Å². The molecule has 4 heterocycles. The zero-order valence-electron chi connectivity index (χ0n) is 12.2. The molecule has 0 aromatic carbocycles. The predicted molar refractivity (Wildman–Crippen MR) is 81.0 cm³/mol. The van der Waals surface area contributed by atoms with Gasteiger partial charge in [-0.3, -0.25) is 0 Å². The van der Waals surface area contributed by atoms with Crippen molar-refractivity contribution in [1.29, 1.82) is 0 Å². The fourth-order valence-electron chi connectivity index (χ4n) is 3.07. The summed E-state index contributed by atoms with van der Waals surface area (Å²) in [6.07, 6.45) is 1.55. The molecule has 2 aromatic heterocycles. The van der Waals surface area contributed by atoms with Gasteiger partial charge in [0.05, 0.1) is 11.6 Å². The van der Waals surface area contributed by atoms with Crippen LogP contribution < -0.4 is 15.0 Å². The third kappa shape index (κ3) is 1.96. The lowest BCUT2D eigenvalue weighted by molar-refractivity contribution is 0.187. The van der Waals surface area contributed by atoms with E-state index in [9.17, 15) is 0 Å². The molecule has 2 aliphatic rings. The fourth-order valence-corrected chi connectivity index (χ4v) is 3.07. The summed E-state index contributed by atoms with van der Waals surface area (Å²) in [5, 5.41) is 3.07. The van der Waals surface area contributed by atoms with Gasteiger partial charge in [-0.15, -0.1) is 0 Å². The number of hydrogen-bond donors (Lipinski definition) is 1. The quantitative estimate of drug-likeness (QED) is 0.822. The van der Waals surface area contributed by atoms with Crippen LogP contribution in [0.25, 0.3) is 11.0 Å². The minimum atomic E-state index is 0.365. The van der Waals surface area contributed by atoms with Gasteiger partial charge in [0, 0.05) is 32.7 Å². The Kier molecular flexibility index (Phi) is 2.81. The second-order valence-electron chi connectivity index (χ2n) is 5.57. The van der Waals surface area contributed by atoms with E-state index >= 15 is 0 Å². The van der Waals surface area contributed by atoms with Crippen LogP contribution in [-0.2, 0) is 0 Å². The molecule has 2 aromatic rings. The van der Waals surface area contributed by atoms with Gasteiger partial charge >= 0.3 is 0 Å². The van der Waals surface area contributed by atoms with E-state index in [2.05, 4.69) is 32.1 Å². The van der Waals surface area contributed by atoms with E-state index in [4.69, 9.17) is 9.72 Å². The molecule has 0 amide bonds. The summed E-state index contributed by atoms with van der Waals surface area (Å²) in [6.45, 7) is 3.72. The molecule has 1 unspecified atom stereocenters. The van der Waals surface area contributed by atoms with Crippen LogP contribution in [-0.4, -0.2) is 66.2 Å². The van der Waals surface area contributed by atoms with Crippen molar-refractivity contribution in [2.45, 2.75) is 6.04 Å². The van der Waals surface area contributed by atoms with Crippen LogP contribution >= 0.6 is 0 Å². The first-order valence-corrected chi connectivity index (χ1v) is 7.18. The average Bonchev–Trinajstić information content (AvgIpc) is 2.52. The molecule has 1 fully saturated rings. The predicted octanol–water partition coefficient (Wildman–Crippen LogP) is 0.579. The Morgan fingerprint density at radius 3 is 3.10 bits per heavy atom. The molecule has 0 radical (unpaired) electrons. The van der Waals surface area contributed by atoms with Gasteiger partial charge in [0.15, 0.2) is 17.4 Å². The van der Waals surface area contributed by atoms with Gasteiger partial charge in [-0.25, -0.2) is 15.0 Å². The van der Waals surface area contributed by atoms with Crippen LogP contribution in [0, 0.1) is 0 Å². The van der Waals surface area contributed by atoms with Gasteiger partial charge < -0.3 is 19.9 Å². The summed E-state index contributed by atoms with van der Waals surface area (Å²) in [7, 11) is 3.99. The molecular formula is C14H18N6O. The Morgan fingerprint density at radius 1 is 1.33 bits per heavy atom. The SMILES string of the molecule is CNc1ncnc2cc3c(nc12)N1CCN(C)CC1CO3. The molecule has 4 rings (SSSR count). The van der Waals surface area contributed by atoms with Crippen LogP contribution in [0.1, 0.15) is 0 Å². The van der Waals surface area contributed by atoms with Crippen molar-refractivity contribution < 1.29 is 4.74 Å². The molecule has 1 saturated heterocycles. The van der Waals surface area contributed by atoms with Crippen molar-refractivity contribution in [3.05, 3.63) is 12.4 Å². The molecule has 7 nitrogen and oxygen atoms in total. The molecule has 0 spiro atoms. The number of nitrogens with zero attached hydrogens (tertiary/aromatic N) is 5. The second kappa shape index (κ2) is 4.70. The van der Waals surface area contributed by atoms with E-state index in [1.165, 1.54) is 0 Å². The molecule has 7 heteroatoms. The van der Waals surface area contributed by atoms with Crippen molar-refractivity contribution in [3.63, 3.8) is 0 Å². The minimum Gasteiger partial charge on any atom is -0.487 e. The maximum atomic E-state index is 5.91. The van der Waals surface area contributed by atoms with Crippen LogP contribution in [0.15, 0.2) is 12.4 Å². The Hall–Kier alpha value is -2.15. The van der Waals surface area contributed by atoms with Gasteiger partial charge in [-0.2, -0.15) is 0 Å². The molecule has 1 N–H and O–H groups in total. The van der Waals surface area contributed by atoms with Crippen LogP contribution in [0.5, 0.6) is 5.75 Å². The van der Waals surface area contributed by atoms with Crippen molar-refractivity contribution in [2.24, 2.45) is 0 Å². The van der Waals surface area contributed by atoms with Crippen LogP contribution in [0.2, 0.25) is 0 Å². The Morgan fingerprint density at radius 2 is 2.24 bits per heavy atom. The molecule has 1 atom stereocenters. The number of fused-ring (bicyclic) bond motifs is 4. The minimum absolute atomic E-state index is 0.365. The molecule has 0 aliphatic carbocycles. The standard InChI is InChI=1S/C14H18N6O/c1-15-13-12-10(16-8-17-13)5-11-14(18-12)20-4-3-19(2)6-9(20)7-21-11/h5,8-9H,3-4,6-7H2,1-2H3,(H,15,16,17). The summed E-state index contributed by atoms with van der Waals surface area (Å²) in [5.41, 5.74) is 1.60. The summed E-state index contributed by atoms with van der Waals surface area (Å²) in [5.74, 6) is 2.49. The van der Waals surface area contributed by atoms with E-state index in [1.54, 1.807) is 6.33 Å². The average molecular weight is 286 g/mol. The maximum Gasteiger partial charge on any atom is 0.172 e. The zero-order valence-corrected chi connectivity index (χ0v) is 12.2. The number of rotatable bonds is 1. The second-order valence-corrected chi connectivity index (χ2v) is 5.57. The first-order chi connectivity index (χ1) is 10.3. The van der Waals surface area contributed by atoms with E-state index < -0.39 is 0 Å². The number of nitrogens with one attached hydrogen (secondary N) is 1. The lowest BCUT2D eigenvalue weighted by Gasteiger charge is -2.43. The zero-order chi connectivity index (χ0) is 14.4. The highest BCUT2D eigenvalue weighted by Crippen LogP contribution is 2.36. The summed E-state index contributed by atoms with van der Waals surface area (Å²) >= 11 is 0. The molecular weight excluding hydrogens is 268 g/mol. The fraction of sp³-hybridized carbons (Fsp3) is 0.500. The number of hydrogen-bond acceptors (Lipinski definition) is 7. The largest absolute Gasteiger partial charge is 0.487 e. The van der Waals surface area contributed by atoms with E-state index in [-0.39, 0.29) is 0 Å². The van der Waals surface area contributed by atoms with Gasteiger partial charge in [0.25, 0.3) is 0 Å². The Bertz CT molecular complexity index is 690. The van der Waals surface area contributed by atoms with E-state index in [0.717, 1.165) is 48.1 Å². The number of anilines is 2. The van der Waals surface area contributed by atoms with Gasteiger partial charge in [0.1, 0.15) is 18.5 Å². The number of piperazine rings is 1. The number of ether oxygens (including phenoxy) is 1. The summed E-state index contributed by atoms with van der Waals surface area (Å²) in [4.78, 5) is 18.0. The first-order valence-electron chi connectivity index (χ1n) is 7.18. The van der Waals surface area contributed by atoms with Crippen LogP contribution in [0.4, 0.5) is 11.6 Å². The highest BCUT2D eigenvalue weighted by molar-refractivity contribution is 5.88. The highest BCUT2D eigenvalue weighted by Gasteiger charge is 2.33. The molecule has 21 heavy (non-hydrogen) atoms. The topological polar surface area (TPSA) is 66.4 Å². The van der Waals surface area contributed by atoms with Crippen LogP contribution in [0.3, 0.4) is 0 Å². The smallest absolute Gasteiger partial charge is 0.172 e. The summed E-state index contributed by atoms with van der Waals surface area (Å²) < 4.78 is 5.91. The van der Waals surface area contributed by atoms with Gasteiger partial charge in [-0.1, -0.05) is 0 Å². The number of pyridine rings is 1. The Labute approximate surface area is 122 Å². The van der Waals surface area contributed by atoms with Crippen molar-refractivity contribution in [2.75, 3.05) is 50.6 Å². The van der Waals surface area contributed by atoms with Gasteiger partial charge in [-0.05, 0) is 7.05 Å². The monoisotopic (exact) mass is 286 g/mol. The lowest BCUT2D eigenvalue weighted by Crippen LogP contribution is -2.56. The highest BCUT2D eigenvalue weighted by atomic mass is 16.5. The van der Waals surface area contributed by atoms with Crippen molar-refractivity contribution >= 4 is 22.7 Å². The molecule has 110 valence electrons. The van der Waals surface area contributed by atoms with E-state index in [0.29, 0.717) is 12.6 Å². The Balaban J connectivity index is 1.84. The normalized spacial score (nSPS) is 21.6. The number of likely N-dealkylation sites (N-methyl/N-ethyl adjacent to an activating group) is 1. The lowest BCUT2D eigenvalue weighted by atomic mass is 10.1. The third-order valence-corrected chi connectivity index (χ3v) is 4.18. The first kappa shape index (κ1) is 12.6. The molecule has 0 saturated carbocycles. The van der Waals surface area contributed by atoms with Crippen molar-refractivity contribution in [3.8, 4) is 5.75 Å². The maximum absolute atomic E-state index is 5.91. The molecule has 0 bridgehead atoms. The summed E-state index contributed by atoms with van der Waals surface area (Å²) in [6, 6.07) is 2.33. The van der Waals surface area contributed by atoms with E-state index in [1.807, 2.05) is 13.1 Å². The molecule has 2 aliphatic heterocycles. The van der Waals surface area contributed by atoms with Crippen molar-refractivity contribution in [1.82, 2.24) is 19.9 Å². The number of aromatic nitrogens is 3. The third-order valence-electron chi connectivity index (χ3n) is 4.18.